The summed E-state index contributed by atoms with van der Waals surface area (Å²) in [4.78, 5) is 0. The Balaban J connectivity index is 2.92. The highest BCUT2D eigenvalue weighted by atomic mass is 19.3. The molecule has 0 bridgehead atoms. The maximum absolute atomic E-state index is 12.3. The fourth-order valence-electron chi connectivity index (χ4n) is 1.10. The van der Waals surface area contributed by atoms with Crippen LogP contribution in [0.15, 0.2) is 24.3 Å². The minimum atomic E-state index is -2.45. The van der Waals surface area contributed by atoms with E-state index in [0.717, 1.165) is 0 Å². The molecule has 0 radical (unpaired) electrons. The van der Waals surface area contributed by atoms with Crippen LogP contribution in [0.2, 0.25) is 0 Å². The first-order chi connectivity index (χ1) is 5.75. The molecule has 0 atom stereocenters. The molecule has 0 amide bonds. The van der Waals surface area contributed by atoms with E-state index >= 15 is 0 Å². The van der Waals surface area contributed by atoms with Gasteiger partial charge in [0, 0.05) is 12.2 Å². The molecule has 0 aliphatic rings. The standard InChI is InChI=1S/C9H10F2O/c10-9(11)8-4-2-1-3-7(8)5-6-12/h1-4,9,12H,5-6H2. The lowest BCUT2D eigenvalue weighted by Gasteiger charge is -2.05. The lowest BCUT2D eigenvalue weighted by Crippen LogP contribution is -1.97. The summed E-state index contributed by atoms with van der Waals surface area (Å²) in [6, 6.07) is 6.26. The van der Waals surface area contributed by atoms with Gasteiger partial charge < -0.3 is 5.11 Å². The van der Waals surface area contributed by atoms with Crippen LogP contribution in [-0.4, -0.2) is 11.7 Å². The Morgan fingerprint density at radius 3 is 2.50 bits per heavy atom. The molecule has 1 N–H and O–H groups in total. The summed E-state index contributed by atoms with van der Waals surface area (Å²) in [6.07, 6.45) is -2.16. The SMILES string of the molecule is OCCc1ccccc1C(F)F. The van der Waals surface area contributed by atoms with Crippen LogP contribution >= 0.6 is 0 Å². The second-order valence-corrected chi connectivity index (χ2v) is 2.47. The Bertz CT molecular complexity index is 248. The third kappa shape index (κ3) is 2.01. The van der Waals surface area contributed by atoms with E-state index in [0.29, 0.717) is 12.0 Å². The Kier molecular flexibility index (Phi) is 3.17. The molecule has 0 aliphatic carbocycles. The summed E-state index contributed by atoms with van der Waals surface area (Å²) in [5.41, 5.74) is 0.543. The average Bonchev–Trinajstić information content (AvgIpc) is 2.05. The molecule has 0 saturated carbocycles. The highest BCUT2D eigenvalue weighted by molar-refractivity contribution is 5.28. The Morgan fingerprint density at radius 2 is 1.92 bits per heavy atom. The van der Waals surface area contributed by atoms with Gasteiger partial charge >= 0.3 is 0 Å². The summed E-state index contributed by atoms with van der Waals surface area (Å²) in [6.45, 7) is -0.0935. The van der Waals surface area contributed by atoms with Crippen molar-refractivity contribution in [1.82, 2.24) is 0 Å². The van der Waals surface area contributed by atoms with Crippen LogP contribution in [0.3, 0.4) is 0 Å². The van der Waals surface area contributed by atoms with Crippen molar-refractivity contribution < 1.29 is 13.9 Å². The molecule has 0 fully saturated rings. The number of aliphatic hydroxyl groups excluding tert-OH is 1. The van der Waals surface area contributed by atoms with Gasteiger partial charge in [-0.05, 0) is 12.0 Å². The normalized spacial score (nSPS) is 10.7. The summed E-state index contributed by atoms with van der Waals surface area (Å²) < 4.78 is 24.5. The van der Waals surface area contributed by atoms with Gasteiger partial charge in [0.15, 0.2) is 0 Å². The van der Waals surface area contributed by atoms with E-state index in [1.807, 2.05) is 0 Å². The highest BCUT2D eigenvalue weighted by Crippen LogP contribution is 2.22. The molecular formula is C9H10F2O. The van der Waals surface area contributed by atoms with Crippen LogP contribution in [0.25, 0.3) is 0 Å². The summed E-state index contributed by atoms with van der Waals surface area (Å²) in [7, 11) is 0. The number of hydrogen-bond donors (Lipinski definition) is 1. The van der Waals surface area contributed by atoms with E-state index < -0.39 is 6.43 Å². The van der Waals surface area contributed by atoms with Crippen LogP contribution in [0.4, 0.5) is 8.78 Å². The van der Waals surface area contributed by atoms with Crippen molar-refractivity contribution in [1.29, 1.82) is 0 Å². The zero-order chi connectivity index (χ0) is 8.97. The molecule has 0 aliphatic heterocycles. The van der Waals surface area contributed by atoms with Gasteiger partial charge in [-0.2, -0.15) is 0 Å². The lowest BCUT2D eigenvalue weighted by atomic mass is 10.1. The Morgan fingerprint density at radius 1 is 1.25 bits per heavy atom. The predicted octanol–water partition coefficient (Wildman–Crippen LogP) is 2.16. The fraction of sp³-hybridized carbons (Fsp3) is 0.333. The van der Waals surface area contributed by atoms with Crippen molar-refractivity contribution in [3.8, 4) is 0 Å². The molecule has 1 rings (SSSR count). The molecule has 0 saturated heterocycles. The maximum Gasteiger partial charge on any atom is 0.264 e. The first-order valence-electron chi connectivity index (χ1n) is 3.72. The monoisotopic (exact) mass is 172 g/mol. The van der Waals surface area contributed by atoms with Crippen molar-refractivity contribution >= 4 is 0 Å². The van der Waals surface area contributed by atoms with Gasteiger partial charge in [0.1, 0.15) is 0 Å². The minimum absolute atomic E-state index is 0.0200. The van der Waals surface area contributed by atoms with Crippen LogP contribution in [0, 0.1) is 0 Å². The Labute approximate surface area is 69.7 Å². The second-order valence-electron chi connectivity index (χ2n) is 2.47. The van der Waals surface area contributed by atoms with Crippen molar-refractivity contribution in [2.24, 2.45) is 0 Å². The summed E-state index contributed by atoms with van der Waals surface area (Å²) >= 11 is 0. The summed E-state index contributed by atoms with van der Waals surface area (Å²) in [5, 5.41) is 8.58. The molecule has 66 valence electrons. The van der Waals surface area contributed by atoms with Gasteiger partial charge in [-0.15, -0.1) is 0 Å². The number of alkyl halides is 2. The quantitative estimate of drug-likeness (QED) is 0.740. The average molecular weight is 172 g/mol. The van der Waals surface area contributed by atoms with Crippen molar-refractivity contribution in [3.63, 3.8) is 0 Å². The van der Waals surface area contributed by atoms with E-state index in [9.17, 15) is 8.78 Å². The zero-order valence-electron chi connectivity index (χ0n) is 6.50. The molecular weight excluding hydrogens is 162 g/mol. The topological polar surface area (TPSA) is 20.2 Å². The third-order valence-electron chi connectivity index (χ3n) is 1.67. The number of benzene rings is 1. The van der Waals surface area contributed by atoms with Gasteiger partial charge in [0.2, 0.25) is 0 Å². The van der Waals surface area contributed by atoms with Gasteiger partial charge in [-0.3, -0.25) is 0 Å². The molecule has 12 heavy (non-hydrogen) atoms. The first kappa shape index (κ1) is 9.13. The van der Waals surface area contributed by atoms with Crippen molar-refractivity contribution in [2.45, 2.75) is 12.8 Å². The van der Waals surface area contributed by atoms with Crippen LogP contribution < -0.4 is 0 Å². The van der Waals surface area contributed by atoms with Gasteiger partial charge in [0.05, 0.1) is 0 Å². The smallest absolute Gasteiger partial charge is 0.264 e. The number of hydrogen-bond acceptors (Lipinski definition) is 1. The van der Waals surface area contributed by atoms with E-state index in [-0.39, 0.29) is 12.2 Å². The van der Waals surface area contributed by atoms with Gasteiger partial charge in [-0.1, -0.05) is 24.3 Å². The number of rotatable bonds is 3. The van der Waals surface area contributed by atoms with Gasteiger partial charge in [0.25, 0.3) is 6.43 Å². The molecule has 0 aromatic heterocycles. The van der Waals surface area contributed by atoms with E-state index in [1.54, 1.807) is 18.2 Å². The predicted molar refractivity (Wildman–Crippen MR) is 42.2 cm³/mol. The lowest BCUT2D eigenvalue weighted by molar-refractivity contribution is 0.149. The molecule has 0 unspecified atom stereocenters. The molecule has 0 heterocycles. The molecule has 3 heteroatoms. The molecule has 1 aromatic rings. The highest BCUT2D eigenvalue weighted by Gasteiger charge is 2.10. The summed E-state index contributed by atoms with van der Waals surface area (Å²) in [5.74, 6) is 0. The largest absolute Gasteiger partial charge is 0.396 e. The van der Waals surface area contributed by atoms with Crippen molar-refractivity contribution in [2.75, 3.05) is 6.61 Å². The zero-order valence-corrected chi connectivity index (χ0v) is 6.50. The van der Waals surface area contributed by atoms with Crippen LogP contribution in [-0.2, 0) is 6.42 Å². The third-order valence-corrected chi connectivity index (χ3v) is 1.67. The van der Waals surface area contributed by atoms with E-state index in [4.69, 9.17) is 5.11 Å². The molecule has 0 spiro atoms. The first-order valence-corrected chi connectivity index (χ1v) is 3.72. The maximum atomic E-state index is 12.3. The van der Waals surface area contributed by atoms with Crippen molar-refractivity contribution in [3.05, 3.63) is 35.4 Å². The Hall–Kier alpha value is -0.960. The number of aliphatic hydroxyl groups is 1. The van der Waals surface area contributed by atoms with E-state index in [1.165, 1.54) is 6.07 Å². The van der Waals surface area contributed by atoms with Gasteiger partial charge in [-0.25, -0.2) is 8.78 Å². The minimum Gasteiger partial charge on any atom is -0.396 e. The number of halogens is 2. The molecule has 1 nitrogen and oxygen atoms in total. The molecule has 1 aromatic carbocycles. The van der Waals surface area contributed by atoms with Crippen LogP contribution in [0.5, 0.6) is 0 Å². The second kappa shape index (κ2) is 4.16. The van der Waals surface area contributed by atoms with Crippen LogP contribution in [0.1, 0.15) is 17.6 Å². The fourth-order valence-corrected chi connectivity index (χ4v) is 1.10. The van der Waals surface area contributed by atoms with E-state index in [2.05, 4.69) is 0 Å².